The van der Waals surface area contributed by atoms with Crippen LogP contribution in [0.3, 0.4) is 0 Å². The quantitative estimate of drug-likeness (QED) is 0.364. The molecule has 2 amide bonds. The maximum atomic E-state index is 13.8. The fourth-order valence-electron chi connectivity index (χ4n) is 6.63. The second-order valence-electron chi connectivity index (χ2n) is 12.2. The molecule has 1 aromatic carbocycles. The zero-order valence-electron chi connectivity index (χ0n) is 22.7. The van der Waals surface area contributed by atoms with Gasteiger partial charge in [-0.2, -0.15) is 0 Å². The van der Waals surface area contributed by atoms with Crippen molar-refractivity contribution in [2.45, 2.75) is 63.6 Å². The minimum atomic E-state index is -2.75. The lowest BCUT2D eigenvalue weighted by Gasteiger charge is -2.52. The van der Waals surface area contributed by atoms with Crippen LogP contribution >= 0.6 is 0 Å². The number of aryl methyl sites for hydroxylation is 1. The first-order valence-electron chi connectivity index (χ1n) is 13.0. The monoisotopic (exact) mass is 541 g/mol. The van der Waals surface area contributed by atoms with E-state index >= 15 is 0 Å². The Balaban J connectivity index is 1.74. The third-order valence-electron chi connectivity index (χ3n) is 8.18. The SMILES string of the molecule is CN(C)[C@H]1C(=O)C(C(N)=O)C(=O)[C@]2(O)C(=O)C3C(=O)c4c(O)ccc(CCC(=O)NC(C)(C)C)c4C[C@@H]3C[C@H]12. The Morgan fingerprint density at radius 2 is 1.77 bits per heavy atom. The maximum absolute atomic E-state index is 13.8. The molecule has 6 atom stereocenters. The molecule has 2 unspecified atom stereocenters. The van der Waals surface area contributed by atoms with E-state index in [1.165, 1.54) is 25.1 Å². The summed E-state index contributed by atoms with van der Waals surface area (Å²) >= 11 is 0. The van der Waals surface area contributed by atoms with Crippen LogP contribution in [-0.2, 0) is 36.8 Å². The summed E-state index contributed by atoms with van der Waals surface area (Å²) in [6.07, 6.45) is 0.562. The molecule has 0 heterocycles. The molecule has 0 bridgehead atoms. The van der Waals surface area contributed by atoms with Crippen molar-refractivity contribution in [2.24, 2.45) is 29.4 Å². The van der Waals surface area contributed by atoms with E-state index in [1.54, 1.807) is 6.07 Å². The van der Waals surface area contributed by atoms with Crippen molar-refractivity contribution in [1.82, 2.24) is 10.2 Å². The molecule has 2 saturated carbocycles. The van der Waals surface area contributed by atoms with Gasteiger partial charge < -0.3 is 21.3 Å². The standard InChI is InChI=1S/C28H35N3O8/c1-27(2,3)30-17(33)9-7-12-6-8-16(32)19-14(12)10-13-11-15-21(31(4)5)23(35)20(26(29)38)25(37)28(15,39)24(36)18(13)22(19)34/h6,8,13,15,18,20-21,32,39H,7,9-11H2,1-5H3,(H2,29,38)(H,30,33)/t13-,15-,18?,20?,21-,28-/m1/s1. The zero-order chi connectivity index (χ0) is 29.2. The third kappa shape index (κ3) is 4.57. The normalized spacial score (nSPS) is 30.5. The van der Waals surface area contributed by atoms with Gasteiger partial charge in [0.15, 0.2) is 34.7 Å². The predicted octanol–water partition coefficient (Wildman–Crippen LogP) is -0.286. The number of carbonyl (C=O) groups excluding carboxylic acids is 6. The Bertz CT molecular complexity index is 1300. The van der Waals surface area contributed by atoms with Crippen molar-refractivity contribution in [1.29, 1.82) is 0 Å². The van der Waals surface area contributed by atoms with E-state index in [-0.39, 0.29) is 42.9 Å². The van der Waals surface area contributed by atoms with Gasteiger partial charge in [0, 0.05) is 17.9 Å². The van der Waals surface area contributed by atoms with Crippen molar-refractivity contribution in [2.75, 3.05) is 14.1 Å². The van der Waals surface area contributed by atoms with Crippen LogP contribution in [-0.4, -0.2) is 81.3 Å². The van der Waals surface area contributed by atoms with Crippen LogP contribution in [0.15, 0.2) is 12.1 Å². The number of aliphatic hydroxyl groups is 1. The fourth-order valence-corrected chi connectivity index (χ4v) is 6.63. The summed E-state index contributed by atoms with van der Waals surface area (Å²) in [5.74, 6) is -11.0. The van der Waals surface area contributed by atoms with E-state index in [2.05, 4.69) is 5.32 Å². The van der Waals surface area contributed by atoms with Gasteiger partial charge in [0.05, 0.1) is 17.5 Å². The van der Waals surface area contributed by atoms with Crippen LogP contribution in [0.2, 0.25) is 0 Å². The molecule has 3 aliphatic carbocycles. The number of benzene rings is 1. The van der Waals surface area contributed by atoms with Gasteiger partial charge in [0.1, 0.15) is 5.75 Å². The van der Waals surface area contributed by atoms with E-state index in [1.807, 2.05) is 20.8 Å². The highest BCUT2D eigenvalue weighted by molar-refractivity contribution is 6.32. The average molecular weight is 542 g/mol. The molecule has 3 aliphatic rings. The van der Waals surface area contributed by atoms with E-state index < -0.39 is 69.9 Å². The Hall–Kier alpha value is -3.44. The number of phenols is 1. The van der Waals surface area contributed by atoms with Gasteiger partial charge in [-0.1, -0.05) is 6.07 Å². The number of primary amides is 1. The molecule has 11 heteroatoms. The van der Waals surface area contributed by atoms with E-state index in [0.717, 1.165) is 0 Å². The van der Waals surface area contributed by atoms with Crippen LogP contribution in [0.1, 0.15) is 55.1 Å². The highest BCUT2D eigenvalue weighted by Gasteiger charge is 2.69. The third-order valence-corrected chi connectivity index (χ3v) is 8.18. The van der Waals surface area contributed by atoms with Crippen molar-refractivity contribution in [3.8, 4) is 5.75 Å². The summed E-state index contributed by atoms with van der Waals surface area (Å²) in [5, 5.41) is 25.1. The number of nitrogens with one attached hydrogen (secondary N) is 1. The Morgan fingerprint density at radius 3 is 2.33 bits per heavy atom. The first-order valence-corrected chi connectivity index (χ1v) is 13.0. The molecular formula is C28H35N3O8. The molecular weight excluding hydrogens is 506 g/mol. The van der Waals surface area contributed by atoms with Gasteiger partial charge >= 0.3 is 0 Å². The first kappa shape index (κ1) is 28.6. The van der Waals surface area contributed by atoms with Crippen molar-refractivity contribution >= 4 is 34.9 Å². The van der Waals surface area contributed by atoms with Gasteiger partial charge in [-0.15, -0.1) is 0 Å². The number of nitrogens with two attached hydrogens (primary N) is 1. The van der Waals surface area contributed by atoms with Crippen molar-refractivity contribution in [3.63, 3.8) is 0 Å². The number of hydrogen-bond donors (Lipinski definition) is 4. The summed E-state index contributed by atoms with van der Waals surface area (Å²) in [6.45, 7) is 5.59. The molecule has 1 aromatic rings. The van der Waals surface area contributed by atoms with E-state index in [0.29, 0.717) is 11.1 Å². The maximum Gasteiger partial charge on any atom is 0.235 e. The highest BCUT2D eigenvalue weighted by atomic mass is 16.3. The number of Topliss-reactive ketones (excluding diaryl/α,β-unsaturated/α-hetero) is 4. The summed E-state index contributed by atoms with van der Waals surface area (Å²) in [7, 11) is 3.07. The number of amides is 2. The molecule has 11 nitrogen and oxygen atoms in total. The minimum absolute atomic E-state index is 0.0243. The highest BCUT2D eigenvalue weighted by Crippen LogP contribution is 2.51. The van der Waals surface area contributed by atoms with Gasteiger partial charge in [0.2, 0.25) is 11.8 Å². The molecule has 39 heavy (non-hydrogen) atoms. The van der Waals surface area contributed by atoms with Crippen molar-refractivity contribution in [3.05, 3.63) is 28.8 Å². The Labute approximate surface area is 226 Å². The molecule has 0 aliphatic heterocycles. The minimum Gasteiger partial charge on any atom is -0.507 e. The topological polar surface area (TPSA) is 184 Å². The molecule has 0 aromatic heterocycles. The van der Waals surface area contributed by atoms with Gasteiger partial charge in [-0.05, 0) is 77.2 Å². The molecule has 0 spiro atoms. The average Bonchev–Trinajstić information content (AvgIpc) is 2.79. The number of nitrogens with zero attached hydrogens (tertiary/aromatic N) is 1. The van der Waals surface area contributed by atoms with Gasteiger partial charge in [-0.3, -0.25) is 33.7 Å². The number of carbonyl (C=O) groups is 6. The van der Waals surface area contributed by atoms with Crippen LogP contribution in [0, 0.1) is 23.7 Å². The number of ketones is 4. The lowest BCUT2D eigenvalue weighted by atomic mass is 9.52. The number of fused-ring (bicyclic) bond motifs is 3. The number of rotatable bonds is 5. The molecule has 5 N–H and O–H groups in total. The summed E-state index contributed by atoms with van der Waals surface area (Å²) in [4.78, 5) is 79.9. The summed E-state index contributed by atoms with van der Waals surface area (Å²) < 4.78 is 0. The Morgan fingerprint density at radius 1 is 1.13 bits per heavy atom. The predicted molar refractivity (Wildman–Crippen MR) is 138 cm³/mol. The molecule has 0 saturated heterocycles. The largest absolute Gasteiger partial charge is 0.507 e. The lowest BCUT2D eigenvalue weighted by molar-refractivity contribution is -0.181. The lowest BCUT2D eigenvalue weighted by Crippen LogP contribution is -2.74. The number of likely N-dealkylation sites (N-methyl/N-ethyl adjacent to an activating group) is 1. The van der Waals surface area contributed by atoms with Crippen LogP contribution in [0.4, 0.5) is 0 Å². The molecule has 4 rings (SSSR count). The summed E-state index contributed by atoms with van der Waals surface area (Å²) in [5.41, 5.74) is 3.26. The molecule has 210 valence electrons. The van der Waals surface area contributed by atoms with Crippen LogP contribution < -0.4 is 11.1 Å². The van der Waals surface area contributed by atoms with Gasteiger partial charge in [0.25, 0.3) is 0 Å². The second-order valence-corrected chi connectivity index (χ2v) is 12.2. The van der Waals surface area contributed by atoms with Gasteiger partial charge in [-0.25, -0.2) is 0 Å². The van der Waals surface area contributed by atoms with E-state index in [9.17, 15) is 39.0 Å². The van der Waals surface area contributed by atoms with E-state index in [4.69, 9.17) is 5.73 Å². The zero-order valence-corrected chi connectivity index (χ0v) is 22.7. The summed E-state index contributed by atoms with van der Waals surface area (Å²) in [6, 6.07) is 1.81. The second kappa shape index (κ2) is 9.63. The van der Waals surface area contributed by atoms with Crippen LogP contribution in [0.5, 0.6) is 5.75 Å². The first-order chi connectivity index (χ1) is 18.0. The molecule has 0 radical (unpaired) electrons. The number of hydrogen-bond acceptors (Lipinski definition) is 9. The number of phenolic OH excluding ortho intramolecular Hbond substituents is 1. The van der Waals surface area contributed by atoms with Crippen molar-refractivity contribution < 1.29 is 39.0 Å². The molecule has 2 fully saturated rings. The Kier molecular flexibility index (Phi) is 7.06. The smallest absolute Gasteiger partial charge is 0.235 e. The van der Waals surface area contributed by atoms with Crippen LogP contribution in [0.25, 0.3) is 0 Å². The fraction of sp³-hybridized carbons (Fsp3) is 0.571. The number of aromatic hydroxyl groups is 1.